The lowest BCUT2D eigenvalue weighted by molar-refractivity contribution is 0.590. The van der Waals surface area contributed by atoms with Gasteiger partial charge in [0, 0.05) is 5.70 Å². The maximum Gasteiger partial charge on any atom is 0.0344 e. The standard InChI is InChI=1S/C13H19N/c1-5-12(14)10-6-8-11(9-7-10)13(2,3)4/h5-9H,14H2,1-4H3/b12-5-. The molecule has 0 aromatic heterocycles. The number of rotatable bonds is 1. The van der Waals surface area contributed by atoms with Crippen molar-refractivity contribution in [3.63, 3.8) is 0 Å². The second kappa shape index (κ2) is 3.87. The van der Waals surface area contributed by atoms with E-state index in [0.29, 0.717) is 0 Å². The van der Waals surface area contributed by atoms with Crippen LogP contribution in [-0.4, -0.2) is 0 Å². The Labute approximate surface area is 86.6 Å². The van der Waals surface area contributed by atoms with Crippen LogP contribution in [0.2, 0.25) is 0 Å². The van der Waals surface area contributed by atoms with Crippen molar-refractivity contribution in [3.05, 3.63) is 41.5 Å². The van der Waals surface area contributed by atoms with Gasteiger partial charge in [-0.2, -0.15) is 0 Å². The smallest absolute Gasteiger partial charge is 0.0344 e. The molecule has 76 valence electrons. The van der Waals surface area contributed by atoms with E-state index in [9.17, 15) is 0 Å². The summed E-state index contributed by atoms with van der Waals surface area (Å²) in [6, 6.07) is 8.45. The highest BCUT2D eigenvalue weighted by atomic mass is 14.6. The van der Waals surface area contributed by atoms with Gasteiger partial charge in [0.2, 0.25) is 0 Å². The fourth-order valence-corrected chi connectivity index (χ4v) is 1.33. The van der Waals surface area contributed by atoms with Crippen LogP contribution in [-0.2, 0) is 5.41 Å². The maximum atomic E-state index is 5.81. The first kappa shape index (κ1) is 10.8. The van der Waals surface area contributed by atoms with Gasteiger partial charge in [-0.25, -0.2) is 0 Å². The Morgan fingerprint density at radius 3 is 2.00 bits per heavy atom. The monoisotopic (exact) mass is 189 g/mol. The minimum absolute atomic E-state index is 0.212. The van der Waals surface area contributed by atoms with Crippen molar-refractivity contribution in [1.29, 1.82) is 0 Å². The van der Waals surface area contributed by atoms with Gasteiger partial charge in [-0.15, -0.1) is 0 Å². The Morgan fingerprint density at radius 1 is 1.14 bits per heavy atom. The number of allylic oxidation sites excluding steroid dienone is 1. The summed E-state index contributed by atoms with van der Waals surface area (Å²) in [5, 5.41) is 0. The van der Waals surface area contributed by atoms with Gasteiger partial charge in [-0.1, -0.05) is 51.1 Å². The van der Waals surface area contributed by atoms with Gasteiger partial charge in [-0.05, 0) is 23.5 Å². The van der Waals surface area contributed by atoms with E-state index in [0.717, 1.165) is 11.3 Å². The van der Waals surface area contributed by atoms with E-state index >= 15 is 0 Å². The van der Waals surface area contributed by atoms with Crippen LogP contribution in [0.3, 0.4) is 0 Å². The van der Waals surface area contributed by atoms with Crippen molar-refractivity contribution < 1.29 is 0 Å². The van der Waals surface area contributed by atoms with Gasteiger partial charge in [0.25, 0.3) is 0 Å². The molecule has 0 atom stereocenters. The molecule has 1 aromatic carbocycles. The quantitative estimate of drug-likeness (QED) is 0.720. The molecule has 0 aliphatic heterocycles. The summed E-state index contributed by atoms with van der Waals surface area (Å²) < 4.78 is 0. The highest BCUT2D eigenvalue weighted by Gasteiger charge is 2.12. The summed E-state index contributed by atoms with van der Waals surface area (Å²) in [4.78, 5) is 0. The molecule has 0 aliphatic carbocycles. The molecule has 0 unspecified atom stereocenters. The number of benzene rings is 1. The van der Waals surface area contributed by atoms with Crippen molar-refractivity contribution >= 4 is 5.70 Å². The summed E-state index contributed by atoms with van der Waals surface area (Å²) in [7, 11) is 0. The molecule has 1 aromatic rings. The van der Waals surface area contributed by atoms with E-state index < -0.39 is 0 Å². The Bertz CT molecular complexity index is 325. The molecule has 0 saturated heterocycles. The highest BCUT2D eigenvalue weighted by Crippen LogP contribution is 2.23. The maximum absolute atomic E-state index is 5.81. The number of hydrogen-bond donors (Lipinski definition) is 1. The molecule has 2 N–H and O–H groups in total. The third-order valence-corrected chi connectivity index (χ3v) is 2.40. The second-order valence-electron chi connectivity index (χ2n) is 4.57. The van der Waals surface area contributed by atoms with Crippen LogP contribution < -0.4 is 5.73 Å². The molecule has 1 nitrogen and oxygen atoms in total. The molecule has 0 saturated carbocycles. The van der Waals surface area contributed by atoms with Crippen LogP contribution in [0.1, 0.15) is 38.8 Å². The highest BCUT2D eigenvalue weighted by molar-refractivity contribution is 5.62. The SMILES string of the molecule is C/C=C(\N)c1ccc(C(C)(C)C)cc1. The predicted molar refractivity (Wildman–Crippen MR) is 63.0 cm³/mol. The number of hydrogen-bond acceptors (Lipinski definition) is 1. The van der Waals surface area contributed by atoms with Crippen LogP contribution >= 0.6 is 0 Å². The van der Waals surface area contributed by atoms with Gasteiger partial charge in [-0.3, -0.25) is 0 Å². The Kier molecular flexibility index (Phi) is 3.00. The zero-order chi connectivity index (χ0) is 10.8. The zero-order valence-corrected chi connectivity index (χ0v) is 9.46. The van der Waals surface area contributed by atoms with Crippen LogP contribution in [0.4, 0.5) is 0 Å². The van der Waals surface area contributed by atoms with E-state index in [1.807, 2.05) is 13.0 Å². The van der Waals surface area contributed by atoms with E-state index in [1.165, 1.54) is 5.56 Å². The summed E-state index contributed by atoms with van der Waals surface area (Å²) in [5.74, 6) is 0. The summed E-state index contributed by atoms with van der Waals surface area (Å²) in [5.41, 5.74) is 9.30. The van der Waals surface area contributed by atoms with Crippen LogP contribution in [0.15, 0.2) is 30.3 Å². The number of nitrogens with two attached hydrogens (primary N) is 1. The first-order valence-electron chi connectivity index (χ1n) is 4.98. The Balaban J connectivity index is 3.01. The Morgan fingerprint density at radius 2 is 1.64 bits per heavy atom. The van der Waals surface area contributed by atoms with Crippen molar-refractivity contribution in [1.82, 2.24) is 0 Å². The summed E-state index contributed by atoms with van der Waals surface area (Å²) in [6.07, 6.45) is 1.92. The molecule has 0 radical (unpaired) electrons. The third-order valence-electron chi connectivity index (χ3n) is 2.40. The molecular weight excluding hydrogens is 170 g/mol. The van der Waals surface area contributed by atoms with Gasteiger partial charge >= 0.3 is 0 Å². The average molecular weight is 189 g/mol. The molecule has 0 spiro atoms. The summed E-state index contributed by atoms with van der Waals surface area (Å²) in [6.45, 7) is 8.58. The van der Waals surface area contributed by atoms with Crippen molar-refractivity contribution in [2.75, 3.05) is 0 Å². The molecule has 0 fully saturated rings. The first-order valence-corrected chi connectivity index (χ1v) is 4.98. The van der Waals surface area contributed by atoms with E-state index in [4.69, 9.17) is 5.73 Å². The normalized spacial score (nSPS) is 13.0. The van der Waals surface area contributed by atoms with Gasteiger partial charge in [0.05, 0.1) is 0 Å². The minimum Gasteiger partial charge on any atom is -0.399 e. The topological polar surface area (TPSA) is 26.0 Å². The lowest BCUT2D eigenvalue weighted by Crippen LogP contribution is -2.10. The van der Waals surface area contributed by atoms with E-state index in [2.05, 4.69) is 45.0 Å². The fourth-order valence-electron chi connectivity index (χ4n) is 1.33. The molecule has 0 amide bonds. The van der Waals surface area contributed by atoms with Crippen LogP contribution in [0, 0.1) is 0 Å². The molecule has 1 rings (SSSR count). The largest absolute Gasteiger partial charge is 0.399 e. The average Bonchev–Trinajstić information content (AvgIpc) is 2.15. The molecule has 0 bridgehead atoms. The minimum atomic E-state index is 0.212. The van der Waals surface area contributed by atoms with Gasteiger partial charge in [0.15, 0.2) is 0 Å². The molecule has 1 heteroatoms. The second-order valence-corrected chi connectivity index (χ2v) is 4.57. The predicted octanol–water partition coefficient (Wildman–Crippen LogP) is 3.30. The fraction of sp³-hybridized carbons (Fsp3) is 0.385. The van der Waals surface area contributed by atoms with E-state index in [1.54, 1.807) is 0 Å². The van der Waals surface area contributed by atoms with Crippen LogP contribution in [0.25, 0.3) is 5.70 Å². The van der Waals surface area contributed by atoms with Crippen molar-refractivity contribution in [2.45, 2.75) is 33.1 Å². The molecule has 14 heavy (non-hydrogen) atoms. The first-order chi connectivity index (χ1) is 6.45. The molecule has 0 heterocycles. The van der Waals surface area contributed by atoms with Crippen molar-refractivity contribution in [3.8, 4) is 0 Å². The third kappa shape index (κ3) is 2.38. The van der Waals surface area contributed by atoms with Gasteiger partial charge < -0.3 is 5.73 Å². The van der Waals surface area contributed by atoms with Crippen LogP contribution in [0.5, 0.6) is 0 Å². The molecular formula is C13H19N. The lowest BCUT2D eigenvalue weighted by Gasteiger charge is -2.19. The van der Waals surface area contributed by atoms with E-state index in [-0.39, 0.29) is 5.41 Å². The molecule has 0 aliphatic rings. The summed E-state index contributed by atoms with van der Waals surface area (Å²) >= 11 is 0. The van der Waals surface area contributed by atoms with Crippen molar-refractivity contribution in [2.24, 2.45) is 5.73 Å². The zero-order valence-electron chi connectivity index (χ0n) is 9.46. The lowest BCUT2D eigenvalue weighted by atomic mass is 9.86. The Hall–Kier alpha value is -1.24. The van der Waals surface area contributed by atoms with Gasteiger partial charge in [0.1, 0.15) is 0 Å².